The summed E-state index contributed by atoms with van der Waals surface area (Å²) in [6.45, 7) is 10.3. The van der Waals surface area contributed by atoms with Crippen LogP contribution in [0.1, 0.15) is 0 Å². The van der Waals surface area contributed by atoms with Gasteiger partial charge in [-0.15, -0.1) is 0 Å². The minimum Gasteiger partial charge on any atom is -0.471 e. The Morgan fingerprint density at radius 2 is 1.74 bits per heavy atom. The van der Waals surface area contributed by atoms with Gasteiger partial charge >= 0.3 is 0 Å². The van der Waals surface area contributed by atoms with Crippen molar-refractivity contribution in [1.82, 2.24) is 4.31 Å². The summed E-state index contributed by atoms with van der Waals surface area (Å²) in [5, 5.41) is 0. The largest absolute Gasteiger partial charge is 0.471 e. The normalized spacial score (nSPS) is 12.9. The standard InChI is InChI=1S/C14H31NO6SSi/c1-13(21-12-18-2)10-15(11-14(19-3)20-4)22(16,17)8-9-23(5,6)7/h14H,1,8-12H2,2-7H3. The van der Waals surface area contributed by atoms with Crippen molar-refractivity contribution in [2.45, 2.75) is 32.0 Å². The molecule has 138 valence electrons. The van der Waals surface area contributed by atoms with Crippen LogP contribution in [0.4, 0.5) is 0 Å². The van der Waals surface area contributed by atoms with Crippen LogP contribution in [0.25, 0.3) is 0 Å². The molecule has 0 aliphatic rings. The third-order valence-electron chi connectivity index (χ3n) is 3.12. The number of rotatable bonds is 13. The van der Waals surface area contributed by atoms with Crippen LogP contribution in [0.15, 0.2) is 12.3 Å². The second kappa shape index (κ2) is 10.4. The monoisotopic (exact) mass is 369 g/mol. The lowest BCUT2D eigenvalue weighted by Gasteiger charge is -2.27. The molecule has 0 rings (SSSR count). The second-order valence-electron chi connectivity index (χ2n) is 6.41. The predicted octanol–water partition coefficient (Wildman–Crippen LogP) is 1.71. The third-order valence-corrected chi connectivity index (χ3v) is 7.01. The molecular formula is C14H31NO6SSi. The van der Waals surface area contributed by atoms with E-state index in [2.05, 4.69) is 26.2 Å². The van der Waals surface area contributed by atoms with Crippen molar-refractivity contribution < 1.29 is 27.4 Å². The van der Waals surface area contributed by atoms with Crippen molar-refractivity contribution in [3.05, 3.63) is 12.3 Å². The summed E-state index contributed by atoms with van der Waals surface area (Å²) in [5.74, 6) is 0.412. The average molecular weight is 370 g/mol. The van der Waals surface area contributed by atoms with E-state index in [-0.39, 0.29) is 25.6 Å². The van der Waals surface area contributed by atoms with Crippen LogP contribution in [-0.2, 0) is 29.0 Å². The topological polar surface area (TPSA) is 74.3 Å². The highest BCUT2D eigenvalue weighted by atomic mass is 32.2. The summed E-state index contributed by atoms with van der Waals surface area (Å²) in [6.07, 6.45) is -0.646. The molecule has 0 atom stereocenters. The smallest absolute Gasteiger partial charge is 0.214 e. The van der Waals surface area contributed by atoms with Crippen LogP contribution >= 0.6 is 0 Å². The van der Waals surface area contributed by atoms with Gasteiger partial charge in [0.25, 0.3) is 0 Å². The molecule has 0 aromatic heterocycles. The van der Waals surface area contributed by atoms with Crippen LogP contribution < -0.4 is 0 Å². The van der Waals surface area contributed by atoms with Gasteiger partial charge in [-0.25, -0.2) is 8.42 Å². The Bertz CT molecular complexity index is 445. The molecule has 0 aliphatic heterocycles. The van der Waals surface area contributed by atoms with Gasteiger partial charge in [0, 0.05) is 29.4 Å². The Morgan fingerprint density at radius 3 is 2.17 bits per heavy atom. The third kappa shape index (κ3) is 10.1. The molecule has 0 heterocycles. The molecule has 0 saturated heterocycles. The maximum atomic E-state index is 12.7. The first-order valence-electron chi connectivity index (χ1n) is 7.38. The summed E-state index contributed by atoms with van der Waals surface area (Å²) >= 11 is 0. The molecule has 0 N–H and O–H groups in total. The maximum absolute atomic E-state index is 12.7. The minimum absolute atomic E-state index is 0.0274. The highest BCUT2D eigenvalue weighted by Gasteiger charge is 2.28. The lowest BCUT2D eigenvalue weighted by atomic mass is 10.5. The Balaban J connectivity index is 5.04. The first-order valence-corrected chi connectivity index (χ1v) is 12.7. The lowest BCUT2D eigenvalue weighted by Crippen LogP contribution is -2.42. The van der Waals surface area contributed by atoms with Crippen LogP contribution in [0.2, 0.25) is 25.7 Å². The second-order valence-corrected chi connectivity index (χ2v) is 14.1. The Morgan fingerprint density at radius 1 is 1.17 bits per heavy atom. The van der Waals surface area contributed by atoms with E-state index in [1.165, 1.54) is 25.6 Å². The van der Waals surface area contributed by atoms with E-state index in [1.54, 1.807) is 0 Å². The fraction of sp³-hybridized carbons (Fsp3) is 0.857. The molecule has 0 saturated carbocycles. The molecule has 0 aromatic rings. The van der Waals surface area contributed by atoms with Gasteiger partial charge in [-0.05, 0) is 6.04 Å². The molecular weight excluding hydrogens is 338 g/mol. The summed E-state index contributed by atoms with van der Waals surface area (Å²) in [5.41, 5.74) is 0. The molecule has 0 unspecified atom stereocenters. The Kier molecular flexibility index (Phi) is 10.2. The molecule has 9 heteroatoms. The zero-order valence-corrected chi connectivity index (χ0v) is 16.9. The van der Waals surface area contributed by atoms with Crippen molar-refractivity contribution in [2.75, 3.05) is 47.0 Å². The summed E-state index contributed by atoms with van der Waals surface area (Å²) < 4.78 is 46.9. The highest BCUT2D eigenvalue weighted by molar-refractivity contribution is 7.89. The van der Waals surface area contributed by atoms with E-state index >= 15 is 0 Å². The van der Waals surface area contributed by atoms with E-state index in [9.17, 15) is 8.42 Å². The van der Waals surface area contributed by atoms with Gasteiger partial charge in [-0.1, -0.05) is 26.2 Å². The molecule has 7 nitrogen and oxygen atoms in total. The first-order chi connectivity index (χ1) is 10.6. The van der Waals surface area contributed by atoms with Gasteiger partial charge in [0.1, 0.15) is 5.76 Å². The number of nitrogens with zero attached hydrogens (tertiary/aromatic N) is 1. The van der Waals surface area contributed by atoms with Gasteiger partial charge in [-0.3, -0.25) is 0 Å². The summed E-state index contributed by atoms with van der Waals surface area (Å²) in [4.78, 5) is 0. The van der Waals surface area contributed by atoms with Gasteiger partial charge in [0.05, 0.1) is 18.8 Å². The Hall–Kier alpha value is -0.453. The first kappa shape index (κ1) is 22.5. The van der Waals surface area contributed by atoms with E-state index in [1.807, 2.05) is 0 Å². The maximum Gasteiger partial charge on any atom is 0.214 e. The predicted molar refractivity (Wildman–Crippen MR) is 93.4 cm³/mol. The van der Waals surface area contributed by atoms with Gasteiger partial charge in [0.2, 0.25) is 10.0 Å². The molecule has 0 aromatic carbocycles. The molecule has 0 aliphatic carbocycles. The van der Waals surface area contributed by atoms with Gasteiger partial charge in [0.15, 0.2) is 13.1 Å². The summed E-state index contributed by atoms with van der Waals surface area (Å²) in [7, 11) is -0.510. The molecule has 0 spiro atoms. The number of sulfonamides is 1. The van der Waals surface area contributed by atoms with Crippen molar-refractivity contribution in [3.63, 3.8) is 0 Å². The van der Waals surface area contributed by atoms with Crippen LogP contribution in [0, 0.1) is 0 Å². The van der Waals surface area contributed by atoms with Gasteiger partial charge in [-0.2, -0.15) is 4.31 Å². The fourth-order valence-corrected chi connectivity index (χ4v) is 6.07. The van der Waals surface area contributed by atoms with Crippen LogP contribution in [0.5, 0.6) is 0 Å². The quantitative estimate of drug-likeness (QED) is 0.279. The summed E-state index contributed by atoms with van der Waals surface area (Å²) in [6, 6.07) is 0.682. The number of hydrogen-bond acceptors (Lipinski definition) is 6. The van der Waals surface area contributed by atoms with Crippen molar-refractivity contribution in [2.24, 2.45) is 0 Å². The zero-order chi connectivity index (χ0) is 18.1. The molecule has 0 radical (unpaired) electrons. The van der Waals surface area contributed by atoms with E-state index in [0.29, 0.717) is 11.8 Å². The van der Waals surface area contributed by atoms with E-state index in [4.69, 9.17) is 18.9 Å². The SMILES string of the molecule is C=C(CN(CC(OC)OC)S(=O)(=O)CC[Si](C)(C)C)OCOC. The average Bonchev–Trinajstić information content (AvgIpc) is 2.46. The molecule has 0 fully saturated rings. The van der Waals surface area contributed by atoms with Crippen LogP contribution in [0.3, 0.4) is 0 Å². The fourth-order valence-electron chi connectivity index (χ4n) is 1.64. The van der Waals surface area contributed by atoms with Gasteiger partial charge < -0.3 is 18.9 Å². The molecule has 23 heavy (non-hydrogen) atoms. The van der Waals surface area contributed by atoms with Crippen LogP contribution in [-0.4, -0.2) is 74.1 Å². The molecule has 0 bridgehead atoms. The van der Waals surface area contributed by atoms with Crippen molar-refractivity contribution in [1.29, 1.82) is 0 Å². The highest BCUT2D eigenvalue weighted by Crippen LogP contribution is 2.15. The van der Waals surface area contributed by atoms with Crippen molar-refractivity contribution in [3.8, 4) is 0 Å². The number of hydrogen-bond donors (Lipinski definition) is 0. The van der Waals surface area contributed by atoms with E-state index < -0.39 is 24.4 Å². The zero-order valence-electron chi connectivity index (χ0n) is 15.1. The van der Waals surface area contributed by atoms with Crippen molar-refractivity contribution >= 4 is 18.1 Å². The lowest BCUT2D eigenvalue weighted by molar-refractivity contribution is -0.108. The Labute approximate surface area is 141 Å². The van der Waals surface area contributed by atoms with E-state index in [0.717, 1.165) is 0 Å². The number of ether oxygens (including phenoxy) is 4. The number of methoxy groups -OCH3 is 3. The minimum atomic E-state index is -3.46. The molecule has 0 amide bonds.